The Hall–Kier alpha value is -4.98. The molecule has 0 N–H and O–H groups in total. The Bertz CT molecular complexity index is 1820. The van der Waals surface area contributed by atoms with Gasteiger partial charge in [0, 0.05) is 0 Å². The van der Waals surface area contributed by atoms with E-state index in [1.165, 1.54) is 12.1 Å². The van der Waals surface area contributed by atoms with Gasteiger partial charge in [0.2, 0.25) is 0 Å². The summed E-state index contributed by atoms with van der Waals surface area (Å²) in [5.41, 5.74) is -0.761. The molecule has 256 valence electrons. The normalized spacial score (nSPS) is 11.9. The molecule has 9 heteroatoms. The zero-order valence-corrected chi connectivity index (χ0v) is 31.2. The Morgan fingerprint density at radius 2 is 0.596 bits per heavy atom. The SMILES string of the molecule is FC(F)(F)c1ccc([O][Al]([O][Si](c2ccccc2)(c2ccccc2)c2ccccc2)[O][Si](c2ccccc2)(c2ccccc2)c2ccccc2)cc1. The van der Waals surface area contributed by atoms with Crippen LogP contribution in [-0.2, 0) is 13.1 Å². The van der Waals surface area contributed by atoms with Crippen LogP contribution in [0.3, 0.4) is 0 Å². The van der Waals surface area contributed by atoms with Crippen LogP contribution in [0.15, 0.2) is 206 Å². The van der Waals surface area contributed by atoms with Crippen LogP contribution >= 0.6 is 0 Å². The predicted octanol–water partition coefficient (Wildman–Crippen LogP) is 6.44. The van der Waals surface area contributed by atoms with Gasteiger partial charge in [-0.3, -0.25) is 0 Å². The molecule has 0 spiro atoms. The summed E-state index contributed by atoms with van der Waals surface area (Å²) in [5, 5.41) is 5.89. The summed E-state index contributed by atoms with van der Waals surface area (Å²) >= 11 is -3.44. The van der Waals surface area contributed by atoms with Gasteiger partial charge in [0.05, 0.1) is 11.3 Å². The second kappa shape index (κ2) is 15.7. The van der Waals surface area contributed by atoms with Crippen molar-refractivity contribution in [3.63, 3.8) is 0 Å². The fourth-order valence-electron chi connectivity index (χ4n) is 6.64. The second-order valence-electron chi connectivity index (χ2n) is 12.2. The Labute approximate surface area is 309 Å². The molecule has 0 aliphatic rings. The molecule has 0 bridgehead atoms. The summed E-state index contributed by atoms with van der Waals surface area (Å²) in [5.74, 6) is 0.235. The molecule has 7 aromatic rings. The average molecular weight is 739 g/mol. The molecule has 0 unspecified atom stereocenters. The number of hydrogen-bond donors (Lipinski definition) is 0. The highest BCUT2D eigenvalue weighted by atomic mass is 28.4. The van der Waals surface area contributed by atoms with E-state index in [9.17, 15) is 13.2 Å². The van der Waals surface area contributed by atoms with E-state index < -0.39 is 43.5 Å². The van der Waals surface area contributed by atoms with Crippen LogP contribution in [0.1, 0.15) is 5.56 Å². The van der Waals surface area contributed by atoms with Crippen molar-refractivity contribution in [3.05, 3.63) is 212 Å². The summed E-state index contributed by atoms with van der Waals surface area (Å²) in [6.07, 6.45) is -4.49. The van der Waals surface area contributed by atoms with Gasteiger partial charge in [0.15, 0.2) is 0 Å². The van der Waals surface area contributed by atoms with Crippen molar-refractivity contribution in [2.45, 2.75) is 6.18 Å². The van der Waals surface area contributed by atoms with Crippen molar-refractivity contribution < 1.29 is 23.9 Å². The first-order chi connectivity index (χ1) is 25.4. The molecule has 3 nitrogen and oxygen atoms in total. The van der Waals surface area contributed by atoms with Gasteiger partial charge in [0.1, 0.15) is 0 Å². The van der Waals surface area contributed by atoms with Crippen LogP contribution in [0.4, 0.5) is 13.2 Å². The molecule has 0 radical (unpaired) electrons. The zero-order valence-electron chi connectivity index (χ0n) is 28.1. The van der Waals surface area contributed by atoms with E-state index >= 15 is 0 Å². The van der Waals surface area contributed by atoms with Crippen molar-refractivity contribution in [3.8, 4) is 5.75 Å². The standard InChI is InChI=1S/2C18H15OSi.C7H5F3O.Al/c2*19-20(16-10-4-1-5-11-16,17-12-6-2-7-13-17)18-14-8-3-9-15-18;8-7(9,10)5-1-3-6(11)4-2-5;/h2*1-15H;1-4,11H;/q2*-1;;+3/p-1. The molecule has 0 amide bonds. The second-order valence-corrected chi connectivity index (χ2v) is 21.1. The highest BCUT2D eigenvalue weighted by molar-refractivity contribution is 7.11. The van der Waals surface area contributed by atoms with Crippen molar-refractivity contribution >= 4 is 62.9 Å². The fraction of sp³-hybridized carbons (Fsp3) is 0.0233. The predicted molar refractivity (Wildman–Crippen MR) is 208 cm³/mol. The molecule has 0 saturated heterocycles. The van der Waals surface area contributed by atoms with Gasteiger partial charge in [-0.05, 0) is 55.4 Å². The average Bonchev–Trinajstić information content (AvgIpc) is 3.21. The monoisotopic (exact) mass is 738 g/mol. The van der Waals surface area contributed by atoms with Gasteiger partial charge in [-0.2, -0.15) is 13.2 Å². The third-order valence-corrected chi connectivity index (χ3v) is 20.8. The van der Waals surface area contributed by atoms with Crippen LogP contribution in [-0.4, -0.2) is 31.8 Å². The van der Waals surface area contributed by atoms with Crippen molar-refractivity contribution in [1.82, 2.24) is 0 Å². The van der Waals surface area contributed by atoms with Gasteiger partial charge in [-0.15, -0.1) is 0 Å². The minimum Gasteiger partial charge on any atom is -0.599 e. The summed E-state index contributed by atoms with van der Waals surface area (Å²) in [6.45, 7) is 0. The largest absolute Gasteiger partial charge is 0.980 e. The maximum Gasteiger partial charge on any atom is 0.980 e. The molecular weight excluding hydrogens is 705 g/mol. The summed E-state index contributed by atoms with van der Waals surface area (Å²) in [6, 6.07) is 65.5. The van der Waals surface area contributed by atoms with Crippen LogP contribution in [0, 0.1) is 0 Å². The van der Waals surface area contributed by atoms with Crippen molar-refractivity contribution in [1.29, 1.82) is 0 Å². The smallest absolute Gasteiger partial charge is 0.599 e. The Kier molecular flexibility index (Phi) is 10.7. The highest BCUT2D eigenvalue weighted by Crippen LogP contribution is 2.31. The maximum absolute atomic E-state index is 13.7. The number of alkyl halides is 3. The number of hydrogen-bond acceptors (Lipinski definition) is 3. The molecule has 0 fully saturated rings. The maximum atomic E-state index is 13.7. The third-order valence-electron chi connectivity index (χ3n) is 9.04. The zero-order chi connectivity index (χ0) is 35.9. The minimum absolute atomic E-state index is 0.235. The van der Waals surface area contributed by atoms with Crippen LogP contribution < -0.4 is 34.9 Å². The Morgan fingerprint density at radius 3 is 0.827 bits per heavy atom. The lowest BCUT2D eigenvalue weighted by atomic mass is 10.2. The number of benzene rings is 7. The van der Waals surface area contributed by atoms with E-state index in [4.69, 9.17) is 10.7 Å². The van der Waals surface area contributed by atoms with Gasteiger partial charge < -0.3 is 10.7 Å². The quantitative estimate of drug-likeness (QED) is 0.107. The molecule has 0 heterocycles. The molecule has 0 aliphatic heterocycles. The molecule has 7 rings (SSSR count). The molecule has 0 saturated carbocycles. The molecule has 0 atom stereocenters. The van der Waals surface area contributed by atoms with E-state index in [2.05, 4.69) is 72.8 Å². The summed E-state index contributed by atoms with van der Waals surface area (Å²) in [4.78, 5) is 0. The van der Waals surface area contributed by atoms with E-state index in [1.54, 1.807) is 0 Å². The van der Waals surface area contributed by atoms with Crippen molar-refractivity contribution in [2.24, 2.45) is 0 Å². The van der Waals surface area contributed by atoms with Crippen molar-refractivity contribution in [2.75, 3.05) is 0 Å². The van der Waals surface area contributed by atoms with Gasteiger partial charge in [0.25, 0.3) is 16.6 Å². The lowest BCUT2D eigenvalue weighted by Crippen LogP contribution is -2.75. The van der Waals surface area contributed by atoms with Crippen LogP contribution in [0.2, 0.25) is 0 Å². The first-order valence-corrected chi connectivity index (χ1v) is 22.2. The number of halogens is 3. The van der Waals surface area contributed by atoms with Crippen LogP contribution in [0.25, 0.3) is 0 Å². The summed E-state index contributed by atoms with van der Waals surface area (Å²) < 4.78 is 63.2. The Balaban J connectivity index is 1.48. The Morgan fingerprint density at radius 1 is 0.346 bits per heavy atom. The first kappa shape index (κ1) is 35.4. The lowest BCUT2D eigenvalue weighted by molar-refractivity contribution is -0.137. The van der Waals surface area contributed by atoms with E-state index in [0.29, 0.717) is 0 Å². The molecule has 7 aromatic carbocycles. The number of rotatable bonds is 12. The van der Waals surface area contributed by atoms with Crippen LogP contribution in [0.5, 0.6) is 5.75 Å². The fourth-order valence-corrected chi connectivity index (χ4v) is 19.6. The third kappa shape index (κ3) is 7.34. The lowest BCUT2D eigenvalue weighted by Gasteiger charge is -2.39. The highest BCUT2D eigenvalue weighted by Gasteiger charge is 2.56. The van der Waals surface area contributed by atoms with E-state index in [0.717, 1.165) is 43.3 Å². The minimum atomic E-state index is -4.49. The van der Waals surface area contributed by atoms with Gasteiger partial charge >= 0.3 is 21.3 Å². The summed E-state index contributed by atoms with van der Waals surface area (Å²) in [7, 11) is -6.86. The molecule has 0 aromatic heterocycles. The van der Waals surface area contributed by atoms with Gasteiger partial charge in [-0.25, -0.2) is 0 Å². The molecule has 52 heavy (non-hydrogen) atoms. The van der Waals surface area contributed by atoms with E-state index in [-0.39, 0.29) is 5.75 Å². The first-order valence-electron chi connectivity index (χ1n) is 16.9. The van der Waals surface area contributed by atoms with Gasteiger partial charge in [-0.1, -0.05) is 182 Å². The molecular formula is C43H34AlF3O3Si2. The molecule has 0 aliphatic carbocycles. The topological polar surface area (TPSA) is 27.7 Å². The van der Waals surface area contributed by atoms with E-state index in [1.807, 2.05) is 109 Å².